The third-order valence-electron chi connectivity index (χ3n) is 4.81. The molecule has 2 aromatic rings. The zero-order chi connectivity index (χ0) is 14.2. The zero-order valence-electron chi connectivity index (χ0n) is 12.3. The molecule has 1 aromatic heterocycles. The van der Waals surface area contributed by atoms with Crippen LogP contribution >= 0.6 is 0 Å². The van der Waals surface area contributed by atoms with Gasteiger partial charge in [0.15, 0.2) is 0 Å². The fraction of sp³-hybridized carbons (Fsp3) is 0.471. The quantitative estimate of drug-likeness (QED) is 0.936. The maximum atomic E-state index is 6.07. The molecule has 0 bridgehead atoms. The highest BCUT2D eigenvalue weighted by Gasteiger charge is 2.26. The highest BCUT2D eigenvalue weighted by Crippen LogP contribution is 2.40. The van der Waals surface area contributed by atoms with Crippen LogP contribution < -0.4 is 5.73 Å². The summed E-state index contributed by atoms with van der Waals surface area (Å²) in [6, 6.07) is 9.42. The SMILES string of the molecule is NCC(c1ccc(C2CC2)cc1)N1CCn2ccnc2C1. The molecule has 0 amide bonds. The van der Waals surface area contributed by atoms with Crippen molar-refractivity contribution in [3.05, 3.63) is 53.6 Å². The molecule has 1 aliphatic heterocycles. The van der Waals surface area contributed by atoms with Crippen LogP contribution in [0.5, 0.6) is 0 Å². The van der Waals surface area contributed by atoms with Crippen LogP contribution in [0, 0.1) is 0 Å². The van der Waals surface area contributed by atoms with Gasteiger partial charge >= 0.3 is 0 Å². The summed E-state index contributed by atoms with van der Waals surface area (Å²) in [5, 5.41) is 0. The molecule has 1 aromatic carbocycles. The second kappa shape index (κ2) is 5.28. The van der Waals surface area contributed by atoms with E-state index in [0.717, 1.165) is 31.4 Å². The summed E-state index contributed by atoms with van der Waals surface area (Å²) in [5.41, 5.74) is 8.90. The monoisotopic (exact) mass is 282 g/mol. The van der Waals surface area contributed by atoms with Gasteiger partial charge in [-0.05, 0) is 29.9 Å². The number of hydrogen-bond donors (Lipinski definition) is 1. The molecule has 1 saturated carbocycles. The van der Waals surface area contributed by atoms with Crippen molar-refractivity contribution in [1.82, 2.24) is 14.5 Å². The Kier molecular flexibility index (Phi) is 3.28. The zero-order valence-corrected chi connectivity index (χ0v) is 12.3. The summed E-state index contributed by atoms with van der Waals surface area (Å²) in [4.78, 5) is 6.90. The number of hydrogen-bond acceptors (Lipinski definition) is 3. The maximum absolute atomic E-state index is 6.07. The van der Waals surface area contributed by atoms with Gasteiger partial charge in [-0.2, -0.15) is 0 Å². The second-order valence-corrected chi connectivity index (χ2v) is 6.20. The van der Waals surface area contributed by atoms with Crippen LogP contribution in [0.15, 0.2) is 36.7 Å². The molecule has 21 heavy (non-hydrogen) atoms. The van der Waals surface area contributed by atoms with Gasteiger partial charge in [-0.1, -0.05) is 24.3 Å². The molecule has 2 aliphatic rings. The first-order chi connectivity index (χ1) is 10.3. The van der Waals surface area contributed by atoms with Crippen molar-refractivity contribution in [2.24, 2.45) is 5.73 Å². The van der Waals surface area contributed by atoms with E-state index in [4.69, 9.17) is 5.73 Å². The third-order valence-corrected chi connectivity index (χ3v) is 4.81. The summed E-state index contributed by atoms with van der Waals surface area (Å²) >= 11 is 0. The van der Waals surface area contributed by atoms with E-state index in [2.05, 4.69) is 44.9 Å². The van der Waals surface area contributed by atoms with Crippen LogP contribution in [-0.2, 0) is 13.1 Å². The standard InChI is InChI=1S/C17H22N4/c18-11-16(15-5-3-14(4-6-15)13-1-2-13)21-10-9-20-8-7-19-17(20)12-21/h3-8,13,16H,1-2,9-12,18H2. The minimum Gasteiger partial charge on any atom is -0.333 e. The van der Waals surface area contributed by atoms with Gasteiger partial charge in [-0.25, -0.2) is 4.98 Å². The molecular formula is C17H22N4. The van der Waals surface area contributed by atoms with Crippen LogP contribution in [0.3, 0.4) is 0 Å². The molecule has 4 nitrogen and oxygen atoms in total. The molecule has 1 unspecified atom stereocenters. The van der Waals surface area contributed by atoms with Crippen molar-refractivity contribution in [2.45, 2.75) is 37.9 Å². The van der Waals surface area contributed by atoms with Gasteiger partial charge in [-0.3, -0.25) is 4.90 Å². The number of rotatable bonds is 4. The Balaban J connectivity index is 1.54. The van der Waals surface area contributed by atoms with Gasteiger partial charge in [0.05, 0.1) is 6.54 Å². The van der Waals surface area contributed by atoms with Gasteiger partial charge in [0.25, 0.3) is 0 Å². The predicted octanol–water partition coefficient (Wildman–Crippen LogP) is 2.28. The topological polar surface area (TPSA) is 47.1 Å². The van der Waals surface area contributed by atoms with E-state index in [9.17, 15) is 0 Å². The number of aromatic nitrogens is 2. The molecule has 1 aliphatic carbocycles. The third kappa shape index (κ3) is 2.49. The number of nitrogens with zero attached hydrogens (tertiary/aromatic N) is 3. The summed E-state index contributed by atoms with van der Waals surface area (Å²) in [5.74, 6) is 1.96. The summed E-state index contributed by atoms with van der Waals surface area (Å²) in [6.07, 6.45) is 6.66. The molecule has 4 rings (SSSR count). The van der Waals surface area contributed by atoms with Crippen molar-refractivity contribution in [2.75, 3.05) is 13.1 Å². The Bertz CT molecular complexity index is 612. The van der Waals surface area contributed by atoms with Gasteiger partial charge in [0.2, 0.25) is 0 Å². The maximum Gasteiger partial charge on any atom is 0.122 e. The van der Waals surface area contributed by atoms with E-state index in [1.807, 2.05) is 6.20 Å². The van der Waals surface area contributed by atoms with E-state index in [1.54, 1.807) is 0 Å². The van der Waals surface area contributed by atoms with E-state index >= 15 is 0 Å². The first-order valence-electron chi connectivity index (χ1n) is 7.89. The van der Waals surface area contributed by atoms with Crippen molar-refractivity contribution >= 4 is 0 Å². The molecular weight excluding hydrogens is 260 g/mol. The van der Waals surface area contributed by atoms with E-state index in [0.29, 0.717) is 12.6 Å². The van der Waals surface area contributed by atoms with E-state index in [-0.39, 0.29) is 0 Å². The Morgan fingerprint density at radius 2 is 2.00 bits per heavy atom. The van der Waals surface area contributed by atoms with Crippen LogP contribution in [0.1, 0.15) is 41.8 Å². The van der Waals surface area contributed by atoms with Crippen LogP contribution in [0.25, 0.3) is 0 Å². The Morgan fingerprint density at radius 1 is 1.19 bits per heavy atom. The van der Waals surface area contributed by atoms with Crippen LogP contribution in [-0.4, -0.2) is 27.5 Å². The molecule has 0 spiro atoms. The summed E-state index contributed by atoms with van der Waals surface area (Å²) in [7, 11) is 0. The lowest BCUT2D eigenvalue weighted by molar-refractivity contribution is 0.156. The Labute approximate surface area is 125 Å². The molecule has 1 atom stereocenters. The van der Waals surface area contributed by atoms with Gasteiger partial charge in [-0.15, -0.1) is 0 Å². The van der Waals surface area contributed by atoms with Crippen molar-refractivity contribution < 1.29 is 0 Å². The Hall–Kier alpha value is -1.65. The van der Waals surface area contributed by atoms with E-state index in [1.165, 1.54) is 24.0 Å². The van der Waals surface area contributed by atoms with Gasteiger partial charge in [0, 0.05) is 38.1 Å². The highest BCUT2D eigenvalue weighted by atomic mass is 15.3. The molecule has 2 heterocycles. The van der Waals surface area contributed by atoms with Crippen LogP contribution in [0.4, 0.5) is 0 Å². The number of benzene rings is 1. The van der Waals surface area contributed by atoms with E-state index < -0.39 is 0 Å². The average Bonchev–Trinajstić information content (AvgIpc) is 3.27. The molecule has 0 radical (unpaired) electrons. The molecule has 2 N–H and O–H groups in total. The lowest BCUT2D eigenvalue weighted by atomic mass is 10.0. The van der Waals surface area contributed by atoms with Crippen molar-refractivity contribution in [3.8, 4) is 0 Å². The second-order valence-electron chi connectivity index (χ2n) is 6.20. The smallest absolute Gasteiger partial charge is 0.122 e. The number of imidazole rings is 1. The predicted molar refractivity (Wildman–Crippen MR) is 82.8 cm³/mol. The molecule has 4 heteroatoms. The minimum absolute atomic E-state index is 0.295. The lowest BCUT2D eigenvalue weighted by Crippen LogP contribution is -2.39. The number of nitrogens with two attached hydrogens (primary N) is 1. The fourth-order valence-corrected chi connectivity index (χ4v) is 3.36. The normalized spacial score (nSPS) is 20.2. The molecule has 0 saturated heterocycles. The average molecular weight is 282 g/mol. The van der Waals surface area contributed by atoms with Crippen molar-refractivity contribution in [3.63, 3.8) is 0 Å². The summed E-state index contributed by atoms with van der Waals surface area (Å²) in [6.45, 7) is 3.59. The van der Waals surface area contributed by atoms with Crippen LogP contribution in [0.2, 0.25) is 0 Å². The number of fused-ring (bicyclic) bond motifs is 1. The van der Waals surface area contributed by atoms with Gasteiger partial charge in [0.1, 0.15) is 5.82 Å². The fourth-order valence-electron chi connectivity index (χ4n) is 3.36. The Morgan fingerprint density at radius 3 is 2.71 bits per heavy atom. The first-order valence-corrected chi connectivity index (χ1v) is 7.89. The largest absolute Gasteiger partial charge is 0.333 e. The first kappa shape index (κ1) is 13.0. The van der Waals surface area contributed by atoms with Gasteiger partial charge < -0.3 is 10.3 Å². The van der Waals surface area contributed by atoms with Crippen molar-refractivity contribution in [1.29, 1.82) is 0 Å². The molecule has 1 fully saturated rings. The lowest BCUT2D eigenvalue weighted by Gasteiger charge is -2.34. The highest BCUT2D eigenvalue weighted by molar-refractivity contribution is 5.30. The molecule has 110 valence electrons. The summed E-state index contributed by atoms with van der Waals surface area (Å²) < 4.78 is 2.24. The minimum atomic E-state index is 0.295.